The average molecular weight is 265 g/mol. The van der Waals surface area contributed by atoms with E-state index in [2.05, 4.69) is 67.7 Å². The number of aryl methyl sites for hydroxylation is 2. The third-order valence-electron chi connectivity index (χ3n) is 4.47. The standard InChI is InChI=1S/C19H23N/c1-3-15-8-6-9-17(11-15)20-18-12-16(13-18)19-10-5-4-7-14(19)2/h4-11,16,18,20H,3,12-13H2,1-2H3. The fourth-order valence-corrected chi connectivity index (χ4v) is 3.15. The number of benzene rings is 2. The van der Waals surface area contributed by atoms with Crippen LogP contribution >= 0.6 is 0 Å². The molecule has 1 N–H and O–H groups in total. The van der Waals surface area contributed by atoms with E-state index < -0.39 is 0 Å². The van der Waals surface area contributed by atoms with Crippen LogP contribution in [0.25, 0.3) is 0 Å². The lowest BCUT2D eigenvalue weighted by atomic mass is 9.74. The van der Waals surface area contributed by atoms with Crippen molar-refractivity contribution in [2.75, 3.05) is 5.32 Å². The molecule has 1 aliphatic rings. The van der Waals surface area contributed by atoms with Crippen LogP contribution in [0.5, 0.6) is 0 Å². The van der Waals surface area contributed by atoms with E-state index in [-0.39, 0.29) is 0 Å². The van der Waals surface area contributed by atoms with Gasteiger partial charge in [-0.05, 0) is 60.9 Å². The van der Waals surface area contributed by atoms with E-state index in [1.54, 1.807) is 0 Å². The lowest BCUT2D eigenvalue weighted by molar-refractivity contribution is 0.373. The maximum atomic E-state index is 3.67. The highest BCUT2D eigenvalue weighted by molar-refractivity contribution is 5.47. The van der Waals surface area contributed by atoms with Crippen molar-refractivity contribution >= 4 is 5.69 Å². The zero-order valence-corrected chi connectivity index (χ0v) is 12.4. The van der Waals surface area contributed by atoms with Crippen LogP contribution in [0, 0.1) is 6.92 Å². The van der Waals surface area contributed by atoms with E-state index in [0.29, 0.717) is 6.04 Å². The lowest BCUT2D eigenvalue weighted by Crippen LogP contribution is -2.34. The average Bonchev–Trinajstić information content (AvgIpc) is 2.44. The molecule has 1 aliphatic carbocycles. The van der Waals surface area contributed by atoms with Crippen LogP contribution in [0.4, 0.5) is 5.69 Å². The summed E-state index contributed by atoms with van der Waals surface area (Å²) in [5.74, 6) is 0.739. The smallest absolute Gasteiger partial charge is 0.0345 e. The van der Waals surface area contributed by atoms with E-state index in [0.717, 1.165) is 12.3 Å². The van der Waals surface area contributed by atoms with Gasteiger partial charge in [-0.2, -0.15) is 0 Å². The Bertz CT molecular complexity index is 582. The second-order valence-electron chi connectivity index (χ2n) is 5.92. The Morgan fingerprint density at radius 2 is 1.85 bits per heavy atom. The molecule has 2 aromatic rings. The van der Waals surface area contributed by atoms with E-state index in [1.807, 2.05) is 0 Å². The van der Waals surface area contributed by atoms with Crippen molar-refractivity contribution in [2.24, 2.45) is 0 Å². The van der Waals surface area contributed by atoms with Crippen molar-refractivity contribution in [3.63, 3.8) is 0 Å². The maximum absolute atomic E-state index is 3.67. The van der Waals surface area contributed by atoms with Gasteiger partial charge in [-0.25, -0.2) is 0 Å². The number of rotatable bonds is 4. The molecule has 2 aromatic carbocycles. The highest BCUT2D eigenvalue weighted by atomic mass is 14.9. The quantitative estimate of drug-likeness (QED) is 0.827. The van der Waals surface area contributed by atoms with Gasteiger partial charge in [0.25, 0.3) is 0 Å². The first kappa shape index (κ1) is 13.2. The molecule has 20 heavy (non-hydrogen) atoms. The fourth-order valence-electron chi connectivity index (χ4n) is 3.15. The van der Waals surface area contributed by atoms with Crippen LogP contribution in [0.15, 0.2) is 48.5 Å². The molecule has 3 rings (SSSR count). The number of anilines is 1. The number of hydrogen-bond acceptors (Lipinski definition) is 1. The summed E-state index contributed by atoms with van der Waals surface area (Å²) < 4.78 is 0. The molecule has 0 amide bonds. The Kier molecular flexibility index (Phi) is 3.77. The molecule has 104 valence electrons. The predicted molar refractivity (Wildman–Crippen MR) is 86.4 cm³/mol. The topological polar surface area (TPSA) is 12.0 Å². The van der Waals surface area contributed by atoms with E-state index in [1.165, 1.54) is 35.2 Å². The van der Waals surface area contributed by atoms with Crippen molar-refractivity contribution in [1.82, 2.24) is 0 Å². The highest BCUT2D eigenvalue weighted by Gasteiger charge is 2.30. The summed E-state index contributed by atoms with van der Waals surface area (Å²) >= 11 is 0. The van der Waals surface area contributed by atoms with Gasteiger partial charge in [0, 0.05) is 11.7 Å². The normalized spacial score (nSPS) is 21.3. The monoisotopic (exact) mass is 265 g/mol. The summed E-state index contributed by atoms with van der Waals surface area (Å²) in [5, 5.41) is 3.67. The third kappa shape index (κ3) is 2.72. The van der Waals surface area contributed by atoms with Gasteiger partial charge in [-0.15, -0.1) is 0 Å². The van der Waals surface area contributed by atoms with Crippen LogP contribution < -0.4 is 5.32 Å². The van der Waals surface area contributed by atoms with Gasteiger partial charge in [0.1, 0.15) is 0 Å². The SMILES string of the molecule is CCc1cccc(NC2CC(c3ccccc3C)C2)c1. The molecule has 0 heterocycles. The Balaban J connectivity index is 1.59. The molecule has 0 aromatic heterocycles. The largest absolute Gasteiger partial charge is 0.382 e. The molecular weight excluding hydrogens is 242 g/mol. The first-order valence-electron chi connectivity index (χ1n) is 7.67. The Morgan fingerprint density at radius 1 is 1.05 bits per heavy atom. The first-order chi connectivity index (χ1) is 9.76. The molecule has 1 fully saturated rings. The Labute approximate surface area is 122 Å². The Morgan fingerprint density at radius 3 is 2.60 bits per heavy atom. The van der Waals surface area contributed by atoms with Gasteiger partial charge in [0.15, 0.2) is 0 Å². The van der Waals surface area contributed by atoms with Gasteiger partial charge in [-0.3, -0.25) is 0 Å². The van der Waals surface area contributed by atoms with Gasteiger partial charge in [-0.1, -0.05) is 43.3 Å². The summed E-state index contributed by atoms with van der Waals surface area (Å²) in [4.78, 5) is 0. The Hall–Kier alpha value is -1.76. The van der Waals surface area contributed by atoms with Crippen molar-refractivity contribution in [3.05, 3.63) is 65.2 Å². The summed E-state index contributed by atoms with van der Waals surface area (Å²) in [6, 6.07) is 18.2. The fraction of sp³-hybridized carbons (Fsp3) is 0.368. The van der Waals surface area contributed by atoms with Crippen molar-refractivity contribution in [3.8, 4) is 0 Å². The van der Waals surface area contributed by atoms with Crippen LogP contribution in [0.1, 0.15) is 42.4 Å². The summed E-state index contributed by atoms with van der Waals surface area (Å²) in [6.45, 7) is 4.43. The zero-order valence-electron chi connectivity index (χ0n) is 12.4. The molecule has 0 radical (unpaired) electrons. The molecule has 0 bridgehead atoms. The molecule has 1 heteroatoms. The lowest BCUT2D eigenvalue weighted by Gasteiger charge is -2.37. The molecular formula is C19H23N. The van der Waals surface area contributed by atoms with Gasteiger partial charge >= 0.3 is 0 Å². The third-order valence-corrected chi connectivity index (χ3v) is 4.47. The van der Waals surface area contributed by atoms with Crippen LogP contribution in [0.2, 0.25) is 0 Å². The number of nitrogens with one attached hydrogen (secondary N) is 1. The second-order valence-corrected chi connectivity index (χ2v) is 5.92. The van der Waals surface area contributed by atoms with Gasteiger partial charge in [0.05, 0.1) is 0 Å². The van der Waals surface area contributed by atoms with Gasteiger partial charge in [0.2, 0.25) is 0 Å². The predicted octanol–water partition coefficient (Wildman–Crippen LogP) is 4.92. The van der Waals surface area contributed by atoms with E-state index >= 15 is 0 Å². The number of hydrogen-bond donors (Lipinski definition) is 1. The van der Waals surface area contributed by atoms with E-state index in [4.69, 9.17) is 0 Å². The molecule has 1 saturated carbocycles. The zero-order chi connectivity index (χ0) is 13.9. The molecule has 0 saturated heterocycles. The summed E-state index contributed by atoms with van der Waals surface area (Å²) in [5.41, 5.74) is 5.65. The molecule has 0 spiro atoms. The highest BCUT2D eigenvalue weighted by Crippen LogP contribution is 2.39. The van der Waals surface area contributed by atoms with Crippen LogP contribution in [0.3, 0.4) is 0 Å². The summed E-state index contributed by atoms with van der Waals surface area (Å²) in [6.07, 6.45) is 3.61. The maximum Gasteiger partial charge on any atom is 0.0345 e. The minimum atomic E-state index is 0.631. The van der Waals surface area contributed by atoms with E-state index in [9.17, 15) is 0 Å². The molecule has 1 nitrogen and oxygen atoms in total. The second kappa shape index (κ2) is 5.70. The molecule has 0 aliphatic heterocycles. The molecule has 0 atom stereocenters. The van der Waals surface area contributed by atoms with Crippen LogP contribution in [-0.2, 0) is 6.42 Å². The minimum Gasteiger partial charge on any atom is -0.382 e. The summed E-state index contributed by atoms with van der Waals surface area (Å²) in [7, 11) is 0. The van der Waals surface area contributed by atoms with Crippen molar-refractivity contribution in [1.29, 1.82) is 0 Å². The van der Waals surface area contributed by atoms with Crippen molar-refractivity contribution in [2.45, 2.75) is 45.1 Å². The minimum absolute atomic E-state index is 0.631. The van der Waals surface area contributed by atoms with Gasteiger partial charge < -0.3 is 5.32 Å². The molecule has 0 unspecified atom stereocenters. The first-order valence-corrected chi connectivity index (χ1v) is 7.67. The van der Waals surface area contributed by atoms with Crippen molar-refractivity contribution < 1.29 is 0 Å². The van der Waals surface area contributed by atoms with Crippen LogP contribution in [-0.4, -0.2) is 6.04 Å².